The number of benzene rings is 2. The molecule has 0 saturated carbocycles. The molecule has 0 radical (unpaired) electrons. The molecule has 0 unspecified atom stereocenters. The van der Waals surface area contributed by atoms with Crippen LogP contribution in [0.3, 0.4) is 0 Å². The Morgan fingerprint density at radius 3 is 2.78 bits per heavy atom. The van der Waals surface area contributed by atoms with E-state index in [0.717, 1.165) is 5.69 Å². The predicted octanol–water partition coefficient (Wildman–Crippen LogP) is 4.74. The molecule has 134 valence electrons. The van der Waals surface area contributed by atoms with Crippen molar-refractivity contribution in [2.45, 2.75) is 6.92 Å². The van der Waals surface area contributed by atoms with Crippen molar-refractivity contribution >= 4 is 23.2 Å². The molecule has 4 aromatic rings. The van der Waals surface area contributed by atoms with E-state index in [1.54, 1.807) is 29.9 Å². The van der Waals surface area contributed by atoms with Gasteiger partial charge in [-0.1, -0.05) is 41.0 Å². The van der Waals surface area contributed by atoms with Crippen molar-refractivity contribution in [2.75, 3.05) is 5.32 Å². The Kier molecular flexibility index (Phi) is 4.48. The summed E-state index contributed by atoms with van der Waals surface area (Å²) in [5, 5.41) is 11.6. The lowest BCUT2D eigenvalue weighted by atomic mass is 10.1. The van der Waals surface area contributed by atoms with Crippen molar-refractivity contribution in [2.24, 2.45) is 0 Å². The van der Waals surface area contributed by atoms with Gasteiger partial charge in [-0.15, -0.1) is 0 Å². The van der Waals surface area contributed by atoms with E-state index in [2.05, 4.69) is 15.6 Å². The van der Waals surface area contributed by atoms with Gasteiger partial charge in [0, 0.05) is 23.6 Å². The summed E-state index contributed by atoms with van der Waals surface area (Å²) >= 11 is 6.26. The van der Waals surface area contributed by atoms with Crippen LogP contribution in [0.2, 0.25) is 5.02 Å². The fourth-order valence-electron chi connectivity index (χ4n) is 2.82. The van der Waals surface area contributed by atoms with Gasteiger partial charge < -0.3 is 9.84 Å². The highest BCUT2D eigenvalue weighted by molar-refractivity contribution is 6.33. The number of aryl methyl sites for hydroxylation is 1. The summed E-state index contributed by atoms with van der Waals surface area (Å²) < 4.78 is 6.98. The number of anilines is 1. The van der Waals surface area contributed by atoms with E-state index in [-0.39, 0.29) is 5.91 Å². The first-order chi connectivity index (χ1) is 13.1. The van der Waals surface area contributed by atoms with Crippen LogP contribution in [0.25, 0.3) is 16.9 Å². The quantitative estimate of drug-likeness (QED) is 0.556. The highest BCUT2D eigenvalue weighted by atomic mass is 35.5. The SMILES string of the molecule is Cc1onc(-c2ccccc2Cl)c1C(=O)Nc1cccc(-n2cccn2)c1. The summed E-state index contributed by atoms with van der Waals surface area (Å²) in [6.07, 6.45) is 3.53. The smallest absolute Gasteiger partial charge is 0.261 e. The molecule has 27 heavy (non-hydrogen) atoms. The molecule has 2 aromatic heterocycles. The molecule has 1 N–H and O–H groups in total. The van der Waals surface area contributed by atoms with Crippen molar-refractivity contribution in [3.63, 3.8) is 0 Å². The van der Waals surface area contributed by atoms with Gasteiger partial charge >= 0.3 is 0 Å². The van der Waals surface area contributed by atoms with Crippen LogP contribution in [-0.4, -0.2) is 20.8 Å². The summed E-state index contributed by atoms with van der Waals surface area (Å²) in [4.78, 5) is 12.9. The van der Waals surface area contributed by atoms with Crippen molar-refractivity contribution in [1.29, 1.82) is 0 Å². The average molecular weight is 379 g/mol. The highest BCUT2D eigenvalue weighted by Crippen LogP contribution is 2.31. The van der Waals surface area contributed by atoms with Crippen LogP contribution in [0.1, 0.15) is 16.1 Å². The molecule has 0 aliphatic rings. The number of carbonyl (C=O) groups is 1. The minimum Gasteiger partial charge on any atom is -0.360 e. The van der Waals surface area contributed by atoms with Gasteiger partial charge in [0.1, 0.15) is 17.0 Å². The maximum Gasteiger partial charge on any atom is 0.261 e. The molecule has 2 aromatic carbocycles. The molecule has 0 aliphatic carbocycles. The summed E-state index contributed by atoms with van der Waals surface area (Å²) in [7, 11) is 0. The van der Waals surface area contributed by atoms with Gasteiger partial charge in [-0.25, -0.2) is 4.68 Å². The molecular weight excluding hydrogens is 364 g/mol. The minimum absolute atomic E-state index is 0.318. The average Bonchev–Trinajstić information content (AvgIpc) is 3.32. The Morgan fingerprint density at radius 2 is 2.00 bits per heavy atom. The van der Waals surface area contributed by atoms with E-state index in [1.165, 1.54) is 0 Å². The molecule has 6 nitrogen and oxygen atoms in total. The van der Waals surface area contributed by atoms with Crippen LogP contribution in [-0.2, 0) is 0 Å². The number of nitrogens with zero attached hydrogens (tertiary/aromatic N) is 3. The van der Waals surface area contributed by atoms with Crippen molar-refractivity contribution in [3.05, 3.63) is 83.3 Å². The first kappa shape index (κ1) is 17.1. The van der Waals surface area contributed by atoms with E-state index in [4.69, 9.17) is 16.1 Å². The van der Waals surface area contributed by atoms with Crippen LogP contribution < -0.4 is 5.32 Å². The van der Waals surface area contributed by atoms with Crippen LogP contribution >= 0.6 is 11.6 Å². The second-order valence-electron chi connectivity index (χ2n) is 5.90. The zero-order valence-electron chi connectivity index (χ0n) is 14.4. The monoisotopic (exact) mass is 378 g/mol. The summed E-state index contributed by atoms with van der Waals surface area (Å²) in [6, 6.07) is 16.4. The molecule has 0 bridgehead atoms. The summed E-state index contributed by atoms with van der Waals surface area (Å²) in [5.74, 6) is 0.104. The Balaban J connectivity index is 1.66. The molecule has 1 amide bonds. The van der Waals surface area contributed by atoms with Gasteiger partial charge in [0.05, 0.1) is 10.7 Å². The highest BCUT2D eigenvalue weighted by Gasteiger charge is 2.23. The first-order valence-electron chi connectivity index (χ1n) is 8.26. The molecule has 7 heteroatoms. The summed E-state index contributed by atoms with van der Waals surface area (Å²) in [5.41, 5.74) is 2.89. The second-order valence-corrected chi connectivity index (χ2v) is 6.30. The molecule has 0 spiro atoms. The molecule has 0 atom stereocenters. The second kappa shape index (κ2) is 7.09. The number of carbonyl (C=O) groups excluding carboxylic acids is 1. The van der Waals surface area contributed by atoms with Crippen molar-refractivity contribution < 1.29 is 9.32 Å². The van der Waals surface area contributed by atoms with Gasteiger partial charge in [0.25, 0.3) is 5.91 Å². The molecule has 4 rings (SSSR count). The van der Waals surface area contributed by atoms with E-state index in [1.807, 2.05) is 48.7 Å². The number of amides is 1. The Hall–Kier alpha value is -3.38. The predicted molar refractivity (Wildman–Crippen MR) is 103 cm³/mol. The fraction of sp³-hybridized carbons (Fsp3) is 0.0500. The van der Waals surface area contributed by atoms with Crippen molar-refractivity contribution in [3.8, 4) is 16.9 Å². The zero-order chi connectivity index (χ0) is 18.8. The standard InChI is InChI=1S/C20H15ClN4O2/c1-13-18(19(24-27-13)16-8-2-3-9-17(16)21)20(26)23-14-6-4-7-15(12-14)25-11-5-10-22-25/h2-12H,1H3,(H,23,26). The number of rotatable bonds is 4. The van der Waals surface area contributed by atoms with Gasteiger partial charge in [-0.2, -0.15) is 5.10 Å². The molecular formula is C20H15ClN4O2. The Labute approximate surface area is 160 Å². The van der Waals surface area contributed by atoms with E-state index in [9.17, 15) is 4.79 Å². The van der Waals surface area contributed by atoms with Gasteiger partial charge in [0.2, 0.25) is 0 Å². The lowest BCUT2D eigenvalue weighted by molar-refractivity contribution is 0.102. The lowest BCUT2D eigenvalue weighted by Gasteiger charge is -2.08. The first-order valence-corrected chi connectivity index (χ1v) is 8.64. The number of hydrogen-bond acceptors (Lipinski definition) is 4. The number of hydrogen-bond donors (Lipinski definition) is 1. The van der Waals surface area contributed by atoms with Crippen LogP contribution in [0, 0.1) is 6.92 Å². The number of nitrogens with one attached hydrogen (secondary N) is 1. The third-order valence-corrected chi connectivity index (χ3v) is 4.42. The number of halogens is 1. The molecule has 0 aliphatic heterocycles. The van der Waals surface area contributed by atoms with Crippen LogP contribution in [0.5, 0.6) is 0 Å². The van der Waals surface area contributed by atoms with E-state index in [0.29, 0.717) is 33.3 Å². The van der Waals surface area contributed by atoms with Gasteiger partial charge in [0.15, 0.2) is 0 Å². The fourth-order valence-corrected chi connectivity index (χ4v) is 3.04. The Morgan fingerprint density at radius 1 is 1.15 bits per heavy atom. The van der Waals surface area contributed by atoms with Crippen molar-refractivity contribution in [1.82, 2.24) is 14.9 Å². The molecule has 2 heterocycles. The maximum atomic E-state index is 12.9. The van der Waals surface area contributed by atoms with Gasteiger partial charge in [-0.3, -0.25) is 4.79 Å². The van der Waals surface area contributed by atoms with E-state index >= 15 is 0 Å². The normalized spacial score (nSPS) is 10.7. The number of aromatic nitrogens is 3. The molecule has 0 saturated heterocycles. The largest absolute Gasteiger partial charge is 0.360 e. The lowest BCUT2D eigenvalue weighted by Crippen LogP contribution is -2.13. The summed E-state index contributed by atoms with van der Waals surface area (Å²) in [6.45, 7) is 1.70. The zero-order valence-corrected chi connectivity index (χ0v) is 15.1. The Bertz CT molecular complexity index is 1100. The third kappa shape index (κ3) is 3.35. The maximum absolute atomic E-state index is 12.9. The van der Waals surface area contributed by atoms with Crippen LogP contribution in [0.15, 0.2) is 71.5 Å². The topological polar surface area (TPSA) is 73.0 Å². The van der Waals surface area contributed by atoms with Gasteiger partial charge in [-0.05, 0) is 37.3 Å². The van der Waals surface area contributed by atoms with Crippen LogP contribution in [0.4, 0.5) is 5.69 Å². The van der Waals surface area contributed by atoms with E-state index < -0.39 is 0 Å². The third-order valence-electron chi connectivity index (χ3n) is 4.09. The molecule has 0 fully saturated rings. The minimum atomic E-state index is -0.318.